The maximum absolute atomic E-state index is 12.6. The molecule has 3 rings (SSSR count). The van der Waals surface area contributed by atoms with Crippen molar-refractivity contribution in [3.05, 3.63) is 42.4 Å². The summed E-state index contributed by atoms with van der Waals surface area (Å²) in [6, 6.07) is 7.74. The van der Waals surface area contributed by atoms with Crippen LogP contribution in [0.2, 0.25) is 0 Å². The molecule has 1 saturated heterocycles. The van der Waals surface area contributed by atoms with Gasteiger partial charge in [0.2, 0.25) is 0 Å². The Kier molecular flexibility index (Phi) is 3.75. The molecule has 1 atom stereocenters. The van der Waals surface area contributed by atoms with Crippen LogP contribution in [0.4, 0.5) is 0 Å². The average molecular weight is 285 g/mol. The Morgan fingerprint density at radius 2 is 2.05 bits per heavy atom. The molecule has 0 aliphatic carbocycles. The van der Waals surface area contributed by atoms with Crippen LogP contribution in [0.5, 0.6) is 0 Å². The molecule has 1 aliphatic heterocycles. The molecule has 1 aliphatic rings. The van der Waals surface area contributed by atoms with Crippen LogP contribution in [0.1, 0.15) is 17.3 Å². The third-order valence-corrected chi connectivity index (χ3v) is 3.94. The van der Waals surface area contributed by atoms with Gasteiger partial charge in [-0.25, -0.2) is 4.98 Å². The van der Waals surface area contributed by atoms with Crippen molar-refractivity contribution in [2.24, 2.45) is 0 Å². The number of oxazole rings is 1. The van der Waals surface area contributed by atoms with E-state index in [1.54, 1.807) is 6.20 Å². The van der Waals surface area contributed by atoms with Gasteiger partial charge in [0.05, 0.1) is 6.20 Å². The van der Waals surface area contributed by atoms with Crippen molar-refractivity contribution < 1.29 is 9.21 Å². The van der Waals surface area contributed by atoms with Gasteiger partial charge in [-0.2, -0.15) is 0 Å². The lowest BCUT2D eigenvalue weighted by Crippen LogP contribution is -2.52. The predicted octanol–water partition coefficient (Wildman–Crippen LogP) is 2.12. The largest absolute Gasteiger partial charge is 0.444 e. The minimum absolute atomic E-state index is 0.0970. The molecule has 1 amide bonds. The van der Waals surface area contributed by atoms with Gasteiger partial charge in [0.25, 0.3) is 5.91 Å². The summed E-state index contributed by atoms with van der Waals surface area (Å²) < 4.78 is 5.25. The quantitative estimate of drug-likeness (QED) is 0.848. The second kappa shape index (κ2) is 5.69. The molecular weight excluding hydrogens is 266 g/mol. The van der Waals surface area contributed by atoms with E-state index in [2.05, 4.69) is 23.9 Å². The van der Waals surface area contributed by atoms with Crippen LogP contribution in [0, 0.1) is 0 Å². The maximum Gasteiger partial charge on any atom is 0.254 e. The Balaban J connectivity index is 1.76. The fourth-order valence-corrected chi connectivity index (χ4v) is 2.74. The first-order chi connectivity index (χ1) is 10.1. The second-order valence-corrected chi connectivity index (χ2v) is 5.55. The third-order valence-electron chi connectivity index (χ3n) is 3.94. The zero-order valence-electron chi connectivity index (χ0n) is 12.3. The van der Waals surface area contributed by atoms with Gasteiger partial charge < -0.3 is 14.2 Å². The lowest BCUT2D eigenvalue weighted by atomic mass is 10.1. The number of amides is 1. The van der Waals surface area contributed by atoms with Crippen LogP contribution >= 0.6 is 0 Å². The summed E-state index contributed by atoms with van der Waals surface area (Å²) in [5, 5.41) is 0. The molecule has 2 heterocycles. The van der Waals surface area contributed by atoms with Crippen LogP contribution in [0.15, 0.2) is 41.3 Å². The highest BCUT2D eigenvalue weighted by Gasteiger charge is 2.26. The maximum atomic E-state index is 12.6. The number of rotatable bonds is 2. The molecule has 0 spiro atoms. The molecule has 2 aromatic rings. The predicted molar refractivity (Wildman–Crippen MR) is 79.9 cm³/mol. The highest BCUT2D eigenvalue weighted by atomic mass is 16.3. The molecule has 5 nitrogen and oxygen atoms in total. The minimum atomic E-state index is 0.0970. The molecule has 1 aromatic heterocycles. The van der Waals surface area contributed by atoms with Crippen LogP contribution in [-0.2, 0) is 0 Å². The normalized spacial score (nSPS) is 19.7. The average Bonchev–Trinajstić information content (AvgIpc) is 3.01. The van der Waals surface area contributed by atoms with Gasteiger partial charge in [-0.05, 0) is 26.1 Å². The fraction of sp³-hybridized carbons (Fsp3) is 0.375. The Bertz CT molecular complexity index is 607. The molecule has 5 heteroatoms. The highest BCUT2D eigenvalue weighted by Crippen LogP contribution is 2.20. The van der Waals surface area contributed by atoms with Crippen molar-refractivity contribution in [1.82, 2.24) is 14.8 Å². The number of benzene rings is 1. The Morgan fingerprint density at radius 1 is 1.29 bits per heavy atom. The van der Waals surface area contributed by atoms with E-state index in [0.29, 0.717) is 5.76 Å². The molecule has 0 N–H and O–H groups in total. The number of carbonyl (C=O) groups excluding carboxylic acids is 1. The highest BCUT2D eigenvalue weighted by molar-refractivity contribution is 5.95. The summed E-state index contributed by atoms with van der Waals surface area (Å²) in [7, 11) is 2.09. The topological polar surface area (TPSA) is 49.6 Å². The fourth-order valence-electron chi connectivity index (χ4n) is 2.74. The van der Waals surface area contributed by atoms with Crippen molar-refractivity contribution in [2.45, 2.75) is 13.0 Å². The molecule has 0 saturated carbocycles. The Labute approximate surface area is 124 Å². The van der Waals surface area contributed by atoms with Crippen LogP contribution < -0.4 is 0 Å². The summed E-state index contributed by atoms with van der Waals surface area (Å²) in [6.07, 6.45) is 3.07. The first-order valence-electron chi connectivity index (χ1n) is 7.13. The number of likely N-dealkylation sites (N-methyl/N-ethyl adjacent to an activating group) is 1. The van der Waals surface area contributed by atoms with Gasteiger partial charge in [-0.15, -0.1) is 0 Å². The molecule has 1 fully saturated rings. The van der Waals surface area contributed by atoms with E-state index in [0.717, 1.165) is 30.8 Å². The smallest absolute Gasteiger partial charge is 0.254 e. The van der Waals surface area contributed by atoms with Gasteiger partial charge in [0.1, 0.15) is 0 Å². The summed E-state index contributed by atoms with van der Waals surface area (Å²) >= 11 is 0. The van der Waals surface area contributed by atoms with Crippen molar-refractivity contribution >= 4 is 5.91 Å². The van der Waals surface area contributed by atoms with Crippen molar-refractivity contribution in [3.63, 3.8) is 0 Å². The zero-order valence-corrected chi connectivity index (χ0v) is 12.3. The second-order valence-electron chi connectivity index (χ2n) is 5.55. The van der Waals surface area contributed by atoms with Crippen LogP contribution in [-0.4, -0.2) is 53.4 Å². The van der Waals surface area contributed by atoms with E-state index in [4.69, 9.17) is 4.42 Å². The van der Waals surface area contributed by atoms with E-state index in [9.17, 15) is 4.79 Å². The van der Waals surface area contributed by atoms with Gasteiger partial charge in [-0.3, -0.25) is 4.79 Å². The molecule has 21 heavy (non-hydrogen) atoms. The van der Waals surface area contributed by atoms with E-state index in [1.165, 1.54) is 6.39 Å². The van der Waals surface area contributed by atoms with Crippen molar-refractivity contribution in [3.8, 4) is 11.3 Å². The van der Waals surface area contributed by atoms with Gasteiger partial charge in [0.15, 0.2) is 12.2 Å². The molecule has 0 bridgehead atoms. The lowest BCUT2D eigenvalue weighted by Gasteiger charge is -2.38. The summed E-state index contributed by atoms with van der Waals surface area (Å²) in [6.45, 7) is 4.71. The number of hydrogen-bond acceptors (Lipinski definition) is 4. The van der Waals surface area contributed by atoms with Gasteiger partial charge in [-0.1, -0.05) is 12.1 Å². The van der Waals surface area contributed by atoms with Gasteiger partial charge >= 0.3 is 0 Å². The SMILES string of the molecule is CC1CN(C)CCN1C(=O)c1ccc(-c2cnco2)cc1. The molecule has 0 radical (unpaired) electrons. The summed E-state index contributed by atoms with van der Waals surface area (Å²) in [4.78, 5) is 20.7. The molecule has 1 aromatic carbocycles. The first-order valence-corrected chi connectivity index (χ1v) is 7.13. The van der Waals surface area contributed by atoms with E-state index in [1.807, 2.05) is 29.2 Å². The lowest BCUT2D eigenvalue weighted by molar-refractivity contribution is 0.0533. The Hall–Kier alpha value is -2.14. The van der Waals surface area contributed by atoms with E-state index in [-0.39, 0.29) is 11.9 Å². The monoisotopic (exact) mass is 285 g/mol. The zero-order chi connectivity index (χ0) is 14.8. The first kappa shape index (κ1) is 13.8. The van der Waals surface area contributed by atoms with Gasteiger partial charge in [0, 0.05) is 36.8 Å². The third kappa shape index (κ3) is 2.83. The number of hydrogen-bond donors (Lipinski definition) is 0. The van der Waals surface area contributed by atoms with Crippen molar-refractivity contribution in [2.75, 3.05) is 26.7 Å². The van der Waals surface area contributed by atoms with E-state index < -0.39 is 0 Å². The summed E-state index contributed by atoms with van der Waals surface area (Å²) in [5.41, 5.74) is 1.64. The van der Waals surface area contributed by atoms with E-state index >= 15 is 0 Å². The number of nitrogens with zero attached hydrogens (tertiary/aromatic N) is 3. The number of aromatic nitrogens is 1. The minimum Gasteiger partial charge on any atom is -0.444 e. The summed E-state index contributed by atoms with van der Waals surface area (Å²) in [5.74, 6) is 0.807. The Morgan fingerprint density at radius 3 is 2.67 bits per heavy atom. The molecule has 110 valence electrons. The molecular formula is C16H19N3O2. The van der Waals surface area contributed by atoms with Crippen molar-refractivity contribution in [1.29, 1.82) is 0 Å². The standard InChI is InChI=1S/C16H19N3O2/c1-12-10-18(2)7-8-19(12)16(20)14-5-3-13(4-6-14)15-9-17-11-21-15/h3-6,9,11-12H,7-8,10H2,1-2H3. The number of piperazine rings is 1. The number of carbonyl (C=O) groups is 1. The molecule has 1 unspecified atom stereocenters. The van der Waals surface area contributed by atoms with Crippen LogP contribution in [0.3, 0.4) is 0 Å². The van der Waals surface area contributed by atoms with Crippen LogP contribution in [0.25, 0.3) is 11.3 Å².